The lowest BCUT2D eigenvalue weighted by molar-refractivity contribution is 1.35. The predicted molar refractivity (Wildman–Crippen MR) is 31.9 cm³/mol. The van der Waals surface area contributed by atoms with E-state index in [-0.39, 0.29) is 0 Å². The Balaban J connectivity index is 3.12. The fourth-order valence-corrected chi connectivity index (χ4v) is 1.06. The fraction of sp³-hybridized carbons (Fsp3) is 0.250. The minimum atomic E-state index is 0.769. The van der Waals surface area contributed by atoms with Gasteiger partial charge in [0.1, 0.15) is 0 Å². The molecule has 1 aromatic rings. The SMILES string of the molecule is Cc1nscc1Cl. The van der Waals surface area contributed by atoms with Crippen LogP contribution in [-0.4, -0.2) is 4.37 Å². The molecule has 0 aliphatic rings. The molecule has 0 aromatic carbocycles. The van der Waals surface area contributed by atoms with E-state index in [9.17, 15) is 0 Å². The van der Waals surface area contributed by atoms with E-state index in [0.29, 0.717) is 0 Å². The van der Waals surface area contributed by atoms with Gasteiger partial charge < -0.3 is 0 Å². The third-order valence-electron chi connectivity index (χ3n) is 0.691. The first kappa shape index (κ1) is 5.06. The summed E-state index contributed by atoms with van der Waals surface area (Å²) in [5.74, 6) is 0. The Labute approximate surface area is 51.1 Å². The van der Waals surface area contributed by atoms with Crippen molar-refractivity contribution in [3.63, 3.8) is 0 Å². The van der Waals surface area contributed by atoms with Gasteiger partial charge in [0.2, 0.25) is 0 Å². The van der Waals surface area contributed by atoms with E-state index in [0.717, 1.165) is 10.7 Å². The van der Waals surface area contributed by atoms with Crippen LogP contribution in [0.25, 0.3) is 0 Å². The molecule has 1 nitrogen and oxygen atoms in total. The highest BCUT2D eigenvalue weighted by atomic mass is 35.5. The second-order valence-corrected chi connectivity index (χ2v) is 2.28. The predicted octanol–water partition coefficient (Wildman–Crippen LogP) is 2.10. The fourth-order valence-electron chi connectivity index (χ4n) is 0.281. The molecule has 1 rings (SSSR count). The van der Waals surface area contributed by atoms with Crippen molar-refractivity contribution in [1.82, 2.24) is 4.37 Å². The van der Waals surface area contributed by atoms with Crippen LogP contribution in [0.4, 0.5) is 0 Å². The van der Waals surface area contributed by atoms with E-state index in [1.807, 2.05) is 12.3 Å². The third-order valence-corrected chi connectivity index (χ3v) is 1.92. The number of halogens is 1. The molecule has 0 radical (unpaired) electrons. The van der Waals surface area contributed by atoms with Crippen LogP contribution in [0.1, 0.15) is 5.69 Å². The highest BCUT2D eigenvalue weighted by Gasteiger charge is 1.91. The Hall–Kier alpha value is -0.0800. The van der Waals surface area contributed by atoms with Crippen molar-refractivity contribution >= 4 is 23.1 Å². The molecule has 7 heavy (non-hydrogen) atoms. The van der Waals surface area contributed by atoms with Crippen LogP contribution in [0.5, 0.6) is 0 Å². The Kier molecular flexibility index (Phi) is 1.30. The summed E-state index contributed by atoms with van der Waals surface area (Å²) in [4.78, 5) is 0. The summed E-state index contributed by atoms with van der Waals surface area (Å²) >= 11 is 6.96. The van der Waals surface area contributed by atoms with Crippen molar-refractivity contribution in [2.24, 2.45) is 0 Å². The van der Waals surface area contributed by atoms with E-state index in [4.69, 9.17) is 11.6 Å². The Morgan fingerprint density at radius 1 is 1.86 bits per heavy atom. The van der Waals surface area contributed by atoms with Gasteiger partial charge >= 0.3 is 0 Å². The number of rotatable bonds is 0. The molecule has 0 spiro atoms. The average Bonchev–Trinajstić information content (AvgIpc) is 1.91. The average molecular weight is 134 g/mol. The van der Waals surface area contributed by atoms with Gasteiger partial charge in [-0.2, -0.15) is 4.37 Å². The summed E-state index contributed by atoms with van der Waals surface area (Å²) in [6.45, 7) is 1.89. The van der Waals surface area contributed by atoms with Crippen LogP contribution in [0.3, 0.4) is 0 Å². The Bertz CT molecular complexity index is 144. The molecule has 0 amide bonds. The zero-order chi connectivity index (χ0) is 5.28. The second-order valence-electron chi connectivity index (χ2n) is 1.25. The smallest absolute Gasteiger partial charge is 0.0742 e. The summed E-state index contributed by atoms with van der Waals surface area (Å²) in [6.07, 6.45) is 0. The molecule has 0 atom stereocenters. The summed E-state index contributed by atoms with van der Waals surface area (Å²) < 4.78 is 3.93. The molecule has 1 aromatic heterocycles. The van der Waals surface area contributed by atoms with Gasteiger partial charge in [0.15, 0.2) is 0 Å². The number of hydrogen-bond donors (Lipinski definition) is 0. The van der Waals surface area contributed by atoms with Crippen molar-refractivity contribution in [3.8, 4) is 0 Å². The lowest BCUT2D eigenvalue weighted by Crippen LogP contribution is -1.63. The normalized spacial score (nSPS) is 9.43. The highest BCUT2D eigenvalue weighted by Crippen LogP contribution is 2.14. The maximum Gasteiger partial charge on any atom is 0.0742 e. The van der Waals surface area contributed by atoms with Gasteiger partial charge in [0, 0.05) is 5.38 Å². The summed E-state index contributed by atoms with van der Waals surface area (Å²) in [5.41, 5.74) is 0.923. The van der Waals surface area contributed by atoms with Gasteiger partial charge in [-0.25, -0.2) is 0 Å². The maximum absolute atomic E-state index is 5.57. The van der Waals surface area contributed by atoms with Crippen LogP contribution >= 0.6 is 23.1 Å². The first-order valence-corrected chi connectivity index (χ1v) is 3.08. The maximum atomic E-state index is 5.57. The number of aromatic nitrogens is 1. The molecule has 0 aliphatic carbocycles. The van der Waals surface area contributed by atoms with Crippen molar-refractivity contribution in [1.29, 1.82) is 0 Å². The molecule has 0 saturated heterocycles. The highest BCUT2D eigenvalue weighted by molar-refractivity contribution is 7.04. The van der Waals surface area contributed by atoms with Gasteiger partial charge in [0.25, 0.3) is 0 Å². The molecule has 0 fully saturated rings. The molecule has 0 N–H and O–H groups in total. The number of hydrogen-bond acceptors (Lipinski definition) is 2. The lowest BCUT2D eigenvalue weighted by atomic mass is 10.5. The molecule has 1 heterocycles. The Morgan fingerprint density at radius 2 is 2.57 bits per heavy atom. The van der Waals surface area contributed by atoms with Crippen LogP contribution < -0.4 is 0 Å². The molecule has 0 bridgehead atoms. The zero-order valence-corrected chi connectivity index (χ0v) is 5.38. The summed E-state index contributed by atoms with van der Waals surface area (Å²) in [5, 5.41) is 2.58. The van der Waals surface area contributed by atoms with Crippen LogP contribution in [0.2, 0.25) is 5.02 Å². The van der Waals surface area contributed by atoms with Gasteiger partial charge in [-0.1, -0.05) is 11.6 Å². The van der Waals surface area contributed by atoms with Gasteiger partial charge in [-0.15, -0.1) is 0 Å². The number of aryl methyl sites for hydroxylation is 1. The van der Waals surface area contributed by atoms with Crippen molar-refractivity contribution in [3.05, 3.63) is 16.1 Å². The second kappa shape index (κ2) is 1.80. The van der Waals surface area contributed by atoms with Crippen LogP contribution in [0.15, 0.2) is 5.38 Å². The summed E-state index contributed by atoms with van der Waals surface area (Å²) in [7, 11) is 0. The number of nitrogens with zero attached hydrogens (tertiary/aromatic N) is 1. The van der Waals surface area contributed by atoms with Crippen molar-refractivity contribution in [2.45, 2.75) is 6.92 Å². The first-order valence-electron chi connectivity index (χ1n) is 1.87. The zero-order valence-electron chi connectivity index (χ0n) is 3.81. The monoisotopic (exact) mass is 133 g/mol. The van der Waals surface area contributed by atoms with Crippen molar-refractivity contribution < 1.29 is 0 Å². The minimum Gasteiger partial charge on any atom is -0.196 e. The van der Waals surface area contributed by atoms with E-state index in [1.54, 1.807) is 0 Å². The molecular weight excluding hydrogens is 130 g/mol. The molecule has 38 valence electrons. The third kappa shape index (κ3) is 0.924. The van der Waals surface area contributed by atoms with E-state index in [2.05, 4.69) is 4.37 Å². The molecular formula is C4H4ClNS. The lowest BCUT2D eigenvalue weighted by Gasteiger charge is -1.74. The topological polar surface area (TPSA) is 12.9 Å². The van der Waals surface area contributed by atoms with Crippen molar-refractivity contribution in [2.75, 3.05) is 0 Å². The van der Waals surface area contributed by atoms with E-state index < -0.39 is 0 Å². The summed E-state index contributed by atoms with van der Waals surface area (Å²) in [6, 6.07) is 0. The minimum absolute atomic E-state index is 0.769. The molecule has 0 aliphatic heterocycles. The quantitative estimate of drug-likeness (QED) is 0.528. The van der Waals surface area contributed by atoms with E-state index in [1.165, 1.54) is 11.5 Å². The molecule has 0 unspecified atom stereocenters. The van der Waals surface area contributed by atoms with Crippen LogP contribution in [-0.2, 0) is 0 Å². The van der Waals surface area contributed by atoms with Gasteiger partial charge in [-0.3, -0.25) is 0 Å². The van der Waals surface area contributed by atoms with Gasteiger partial charge in [0.05, 0.1) is 10.7 Å². The van der Waals surface area contributed by atoms with Crippen LogP contribution in [0, 0.1) is 6.92 Å². The largest absolute Gasteiger partial charge is 0.196 e. The Morgan fingerprint density at radius 3 is 2.71 bits per heavy atom. The first-order chi connectivity index (χ1) is 3.30. The molecule has 0 saturated carbocycles. The molecule has 3 heteroatoms. The standard InChI is InChI=1S/C4H4ClNS/c1-3-4(5)2-7-6-3/h2H,1H3. The van der Waals surface area contributed by atoms with E-state index >= 15 is 0 Å². The van der Waals surface area contributed by atoms with Gasteiger partial charge in [-0.05, 0) is 18.5 Å².